The zero-order chi connectivity index (χ0) is 25.4. The van der Waals surface area contributed by atoms with Gasteiger partial charge in [-0.1, -0.05) is 23.7 Å². The van der Waals surface area contributed by atoms with E-state index in [4.69, 9.17) is 11.6 Å². The van der Waals surface area contributed by atoms with E-state index in [2.05, 4.69) is 25.3 Å². The van der Waals surface area contributed by atoms with Crippen LogP contribution in [0.4, 0.5) is 5.95 Å². The van der Waals surface area contributed by atoms with Gasteiger partial charge >= 0.3 is 0 Å². The summed E-state index contributed by atoms with van der Waals surface area (Å²) in [5.41, 5.74) is 2.99. The number of hydrogen-bond acceptors (Lipinski definition) is 8. The van der Waals surface area contributed by atoms with Gasteiger partial charge in [-0.15, -0.1) is 0 Å². The largest absolute Gasteiger partial charge is 0.391 e. The third kappa shape index (κ3) is 4.52. The molecule has 3 aromatic heterocycles. The fourth-order valence-electron chi connectivity index (χ4n) is 4.32. The van der Waals surface area contributed by atoms with Crippen LogP contribution in [0.1, 0.15) is 12.1 Å². The van der Waals surface area contributed by atoms with Crippen molar-refractivity contribution >= 4 is 34.5 Å². The van der Waals surface area contributed by atoms with Crippen molar-refractivity contribution in [1.82, 2.24) is 29.4 Å². The molecule has 1 aliphatic rings. The minimum atomic E-state index is -0.553. The van der Waals surface area contributed by atoms with E-state index in [1.54, 1.807) is 48.7 Å². The molecule has 1 aromatic carbocycles. The first-order chi connectivity index (χ1) is 17.3. The first kappa shape index (κ1) is 23.8. The Morgan fingerprint density at radius 2 is 2.03 bits per heavy atom. The summed E-state index contributed by atoms with van der Waals surface area (Å²) in [7, 11) is 1.68. The summed E-state index contributed by atoms with van der Waals surface area (Å²) in [6.07, 6.45) is 4.88. The Morgan fingerprint density at radius 1 is 1.19 bits per heavy atom. The normalized spacial score (nSPS) is 15.4. The Morgan fingerprint density at radius 3 is 2.72 bits per heavy atom. The summed E-state index contributed by atoms with van der Waals surface area (Å²) in [6, 6.07) is 7.02. The van der Waals surface area contributed by atoms with Crippen LogP contribution in [0.5, 0.6) is 0 Å². The third-order valence-electron chi connectivity index (χ3n) is 6.17. The molecule has 10 nitrogen and oxygen atoms in total. The van der Waals surface area contributed by atoms with E-state index in [0.717, 1.165) is 11.3 Å². The highest BCUT2D eigenvalue weighted by molar-refractivity contribution is 6.33. The van der Waals surface area contributed by atoms with Crippen LogP contribution < -0.4 is 10.9 Å². The van der Waals surface area contributed by atoms with Crippen molar-refractivity contribution in [2.24, 2.45) is 0 Å². The van der Waals surface area contributed by atoms with E-state index >= 15 is 0 Å². The number of pyridine rings is 1. The van der Waals surface area contributed by atoms with Crippen LogP contribution in [0, 0.1) is 6.92 Å². The summed E-state index contributed by atoms with van der Waals surface area (Å²) in [5.74, 6) is 0.0604. The molecule has 1 atom stereocenters. The molecular weight excluding hydrogens is 482 g/mol. The lowest BCUT2D eigenvalue weighted by atomic mass is 10.0. The highest BCUT2D eigenvalue weighted by Gasteiger charge is 2.26. The Balaban J connectivity index is 1.61. The summed E-state index contributed by atoms with van der Waals surface area (Å²) in [4.78, 5) is 45.7. The second-order valence-corrected chi connectivity index (χ2v) is 9.10. The number of nitrogens with zero attached hydrogens (tertiary/aromatic N) is 6. The molecule has 5 rings (SSSR count). The minimum Gasteiger partial charge on any atom is -0.391 e. The third-order valence-corrected chi connectivity index (χ3v) is 6.48. The molecule has 0 spiro atoms. The molecule has 36 heavy (non-hydrogen) atoms. The molecule has 1 fully saturated rings. The van der Waals surface area contributed by atoms with Crippen molar-refractivity contribution < 1.29 is 9.90 Å². The highest BCUT2D eigenvalue weighted by Crippen LogP contribution is 2.31. The number of amides is 1. The Kier molecular flexibility index (Phi) is 6.38. The van der Waals surface area contributed by atoms with Gasteiger partial charge in [-0.3, -0.25) is 19.1 Å². The number of aliphatic hydroxyl groups excluding tert-OH is 1. The number of hydrogen-bond donors (Lipinski definition) is 2. The van der Waals surface area contributed by atoms with Gasteiger partial charge in [0.1, 0.15) is 12.2 Å². The monoisotopic (exact) mass is 505 g/mol. The van der Waals surface area contributed by atoms with Crippen molar-refractivity contribution in [3.63, 3.8) is 0 Å². The smallest absolute Gasteiger partial charge is 0.260 e. The van der Waals surface area contributed by atoms with Gasteiger partial charge < -0.3 is 15.3 Å². The molecule has 0 radical (unpaired) electrons. The number of rotatable bonds is 5. The molecule has 4 aromatic rings. The SMILES string of the molecule is CNc1ncc2cc(-c3ccc(-c4cncc(C)n4)cc3Cl)c(=O)n(CC(=O)N3CCC(O)C3)c2n1. The predicted molar refractivity (Wildman–Crippen MR) is 137 cm³/mol. The molecule has 0 aliphatic carbocycles. The minimum absolute atomic E-state index is 0.218. The lowest BCUT2D eigenvalue weighted by Crippen LogP contribution is -2.36. The van der Waals surface area contributed by atoms with Gasteiger partial charge in [-0.25, -0.2) is 9.97 Å². The quantitative estimate of drug-likeness (QED) is 0.423. The number of likely N-dealkylation sites (tertiary alicyclic amines) is 1. The van der Waals surface area contributed by atoms with E-state index in [1.807, 2.05) is 13.0 Å². The van der Waals surface area contributed by atoms with Crippen molar-refractivity contribution in [2.45, 2.75) is 26.0 Å². The van der Waals surface area contributed by atoms with Crippen LogP contribution >= 0.6 is 11.6 Å². The number of benzene rings is 1. The van der Waals surface area contributed by atoms with Gasteiger partial charge in [0, 0.05) is 59.6 Å². The average molecular weight is 506 g/mol. The Labute approximate surface area is 211 Å². The molecule has 11 heteroatoms. The number of anilines is 1. The average Bonchev–Trinajstić information content (AvgIpc) is 3.32. The summed E-state index contributed by atoms with van der Waals surface area (Å²) in [6.45, 7) is 2.33. The van der Waals surface area contributed by atoms with E-state index in [0.29, 0.717) is 51.8 Å². The maximum Gasteiger partial charge on any atom is 0.260 e. The maximum absolute atomic E-state index is 13.7. The van der Waals surface area contributed by atoms with Gasteiger partial charge in [0.15, 0.2) is 0 Å². The second-order valence-electron chi connectivity index (χ2n) is 8.69. The molecule has 1 amide bonds. The highest BCUT2D eigenvalue weighted by atomic mass is 35.5. The molecular formula is C25H24ClN7O3. The van der Waals surface area contributed by atoms with E-state index < -0.39 is 11.7 Å². The van der Waals surface area contributed by atoms with Crippen LogP contribution in [-0.2, 0) is 11.3 Å². The number of fused-ring (bicyclic) bond motifs is 1. The van der Waals surface area contributed by atoms with Crippen LogP contribution in [0.25, 0.3) is 33.4 Å². The summed E-state index contributed by atoms with van der Waals surface area (Å²) in [5, 5.41) is 13.6. The second kappa shape index (κ2) is 9.63. The van der Waals surface area contributed by atoms with Gasteiger partial charge in [-0.05, 0) is 25.5 Å². The number of aryl methyl sites for hydroxylation is 1. The topological polar surface area (TPSA) is 126 Å². The van der Waals surface area contributed by atoms with E-state index in [9.17, 15) is 14.7 Å². The fraction of sp³-hybridized carbons (Fsp3) is 0.280. The van der Waals surface area contributed by atoms with Crippen molar-refractivity contribution in [3.05, 3.63) is 63.9 Å². The number of carbonyl (C=O) groups is 1. The molecule has 2 N–H and O–H groups in total. The fourth-order valence-corrected chi connectivity index (χ4v) is 4.60. The van der Waals surface area contributed by atoms with Gasteiger partial charge in [0.25, 0.3) is 5.56 Å². The Bertz CT molecular complexity index is 1540. The molecule has 1 saturated heterocycles. The van der Waals surface area contributed by atoms with E-state index in [1.165, 1.54) is 4.57 Å². The summed E-state index contributed by atoms with van der Waals surface area (Å²) >= 11 is 6.66. The van der Waals surface area contributed by atoms with Gasteiger partial charge in [0.2, 0.25) is 11.9 Å². The van der Waals surface area contributed by atoms with Gasteiger partial charge in [0.05, 0.1) is 23.7 Å². The van der Waals surface area contributed by atoms with Crippen LogP contribution in [0.3, 0.4) is 0 Å². The molecule has 4 heterocycles. The number of halogens is 1. The standard InChI is InChI=1S/C25H24ClN7O3/c1-14-9-28-11-21(30-14)15-3-4-18(20(26)8-15)19-7-16-10-29-25(27-2)31-23(16)33(24(19)36)13-22(35)32-6-5-17(34)12-32/h3-4,7-11,17,34H,5-6,12-13H2,1-2H3,(H,27,29,31). The number of aromatic nitrogens is 5. The van der Waals surface area contributed by atoms with Crippen molar-refractivity contribution in [2.75, 3.05) is 25.5 Å². The summed E-state index contributed by atoms with van der Waals surface area (Å²) < 4.78 is 1.34. The van der Waals surface area contributed by atoms with Crippen LogP contribution in [0.2, 0.25) is 5.02 Å². The van der Waals surface area contributed by atoms with Crippen molar-refractivity contribution in [1.29, 1.82) is 0 Å². The van der Waals surface area contributed by atoms with Crippen LogP contribution in [0.15, 0.2) is 47.7 Å². The van der Waals surface area contributed by atoms with Gasteiger partial charge in [-0.2, -0.15) is 4.98 Å². The van der Waals surface area contributed by atoms with Crippen LogP contribution in [-0.4, -0.2) is 66.7 Å². The lowest BCUT2D eigenvalue weighted by Gasteiger charge is -2.18. The predicted octanol–water partition coefficient (Wildman–Crippen LogP) is 2.51. The number of nitrogens with one attached hydrogen (secondary N) is 1. The first-order valence-corrected chi connectivity index (χ1v) is 11.8. The molecule has 1 unspecified atom stereocenters. The maximum atomic E-state index is 13.7. The van der Waals surface area contributed by atoms with Crippen molar-refractivity contribution in [3.8, 4) is 22.4 Å². The number of carbonyl (C=O) groups excluding carboxylic acids is 1. The first-order valence-electron chi connectivity index (χ1n) is 11.5. The zero-order valence-corrected chi connectivity index (χ0v) is 20.5. The molecule has 1 aliphatic heterocycles. The molecule has 0 saturated carbocycles. The Hall–Kier alpha value is -3.89. The molecule has 184 valence electrons. The zero-order valence-electron chi connectivity index (χ0n) is 19.8. The lowest BCUT2D eigenvalue weighted by molar-refractivity contribution is -0.131. The number of β-amino-alcohol motifs (C(OH)–C–C–N with tert-alkyl or cyclic N) is 1. The molecule has 0 bridgehead atoms. The van der Waals surface area contributed by atoms with E-state index in [-0.39, 0.29) is 19.0 Å². The number of aliphatic hydroxyl groups is 1.